The molecule has 1 amide bonds. The molecule has 0 spiro atoms. The van der Waals surface area contributed by atoms with Gasteiger partial charge in [-0.1, -0.05) is 0 Å². The fourth-order valence-corrected chi connectivity index (χ4v) is 2.78. The maximum absolute atomic E-state index is 11.8. The number of likely N-dealkylation sites (tertiary alicyclic amines) is 1. The molecule has 1 unspecified atom stereocenters. The maximum Gasteiger partial charge on any atom is 0.236 e. The summed E-state index contributed by atoms with van der Waals surface area (Å²) in [4.78, 5) is 13.7. The number of piperidine rings is 1. The summed E-state index contributed by atoms with van der Waals surface area (Å²) in [5.74, 6) is 0.836. The van der Waals surface area contributed by atoms with Crippen molar-refractivity contribution in [1.82, 2.24) is 10.2 Å². The summed E-state index contributed by atoms with van der Waals surface area (Å²) >= 11 is 1.61. The van der Waals surface area contributed by atoms with E-state index in [9.17, 15) is 9.90 Å². The topological polar surface area (TPSA) is 52.6 Å². The largest absolute Gasteiger partial charge is 0.388 e. The van der Waals surface area contributed by atoms with Crippen LogP contribution in [0.1, 0.15) is 26.2 Å². The zero-order chi connectivity index (χ0) is 12.7. The molecule has 1 aliphatic heterocycles. The number of carbonyl (C=O) groups excluding carboxylic acids is 1. The lowest BCUT2D eigenvalue weighted by atomic mass is 10.1. The van der Waals surface area contributed by atoms with Crippen LogP contribution in [-0.4, -0.2) is 59.7 Å². The van der Waals surface area contributed by atoms with Gasteiger partial charge >= 0.3 is 0 Å². The summed E-state index contributed by atoms with van der Waals surface area (Å²) < 4.78 is 0. The highest BCUT2D eigenvalue weighted by atomic mass is 32.2. The highest BCUT2D eigenvalue weighted by Gasteiger charge is 2.21. The molecule has 17 heavy (non-hydrogen) atoms. The molecule has 0 aromatic heterocycles. The van der Waals surface area contributed by atoms with E-state index in [0.29, 0.717) is 18.8 Å². The van der Waals surface area contributed by atoms with E-state index in [1.807, 2.05) is 11.2 Å². The second-order valence-corrected chi connectivity index (χ2v) is 5.84. The number of thioether (sulfide) groups is 1. The van der Waals surface area contributed by atoms with Crippen LogP contribution in [-0.2, 0) is 4.79 Å². The van der Waals surface area contributed by atoms with Crippen molar-refractivity contribution in [2.75, 3.05) is 38.2 Å². The minimum Gasteiger partial charge on any atom is -0.388 e. The van der Waals surface area contributed by atoms with Gasteiger partial charge in [0.25, 0.3) is 0 Å². The standard InChI is InChI=1S/C12H24N2O2S/c1-12(16,10-17-2)9-13-8-11(15)14-6-4-3-5-7-14/h13,16H,3-10H2,1-2H3. The van der Waals surface area contributed by atoms with Gasteiger partial charge in [-0.05, 0) is 32.4 Å². The van der Waals surface area contributed by atoms with E-state index in [2.05, 4.69) is 5.32 Å². The Balaban J connectivity index is 2.19. The van der Waals surface area contributed by atoms with E-state index in [4.69, 9.17) is 0 Å². The molecule has 0 saturated carbocycles. The summed E-state index contributed by atoms with van der Waals surface area (Å²) in [5, 5.41) is 13.0. The maximum atomic E-state index is 11.8. The lowest BCUT2D eigenvalue weighted by molar-refractivity contribution is -0.131. The Morgan fingerprint density at radius 2 is 2.06 bits per heavy atom. The smallest absolute Gasteiger partial charge is 0.236 e. The normalized spacial score (nSPS) is 20.1. The van der Waals surface area contributed by atoms with Crippen LogP contribution in [0, 0.1) is 0 Å². The highest BCUT2D eigenvalue weighted by Crippen LogP contribution is 2.10. The van der Waals surface area contributed by atoms with Gasteiger partial charge in [-0.3, -0.25) is 4.79 Å². The van der Waals surface area contributed by atoms with Crippen LogP contribution in [0.3, 0.4) is 0 Å². The fraction of sp³-hybridized carbons (Fsp3) is 0.917. The summed E-state index contributed by atoms with van der Waals surface area (Å²) in [6, 6.07) is 0. The average molecular weight is 260 g/mol. The molecule has 1 heterocycles. The van der Waals surface area contributed by atoms with Crippen molar-refractivity contribution in [3.8, 4) is 0 Å². The zero-order valence-corrected chi connectivity index (χ0v) is 11.7. The first-order chi connectivity index (χ1) is 8.05. The van der Waals surface area contributed by atoms with Crippen molar-refractivity contribution in [1.29, 1.82) is 0 Å². The van der Waals surface area contributed by atoms with Gasteiger partial charge < -0.3 is 15.3 Å². The van der Waals surface area contributed by atoms with Crippen molar-refractivity contribution < 1.29 is 9.90 Å². The predicted molar refractivity (Wildman–Crippen MR) is 72.3 cm³/mol. The number of aliphatic hydroxyl groups is 1. The van der Waals surface area contributed by atoms with Crippen molar-refractivity contribution in [3.63, 3.8) is 0 Å². The van der Waals surface area contributed by atoms with E-state index in [1.54, 1.807) is 18.7 Å². The van der Waals surface area contributed by atoms with Gasteiger partial charge in [0, 0.05) is 25.4 Å². The highest BCUT2D eigenvalue weighted by molar-refractivity contribution is 7.98. The zero-order valence-electron chi connectivity index (χ0n) is 10.9. The number of hydrogen-bond acceptors (Lipinski definition) is 4. The lowest BCUT2D eigenvalue weighted by Gasteiger charge is -2.28. The number of carbonyl (C=O) groups is 1. The molecule has 0 radical (unpaired) electrons. The third-order valence-electron chi connectivity index (χ3n) is 2.95. The molecule has 1 rings (SSSR count). The molecule has 5 heteroatoms. The number of amides is 1. The molecule has 0 bridgehead atoms. The minimum absolute atomic E-state index is 0.157. The quantitative estimate of drug-likeness (QED) is 0.738. The Kier molecular flexibility index (Phi) is 6.30. The van der Waals surface area contributed by atoms with Gasteiger partial charge in [0.15, 0.2) is 0 Å². The lowest BCUT2D eigenvalue weighted by Crippen LogP contribution is -2.46. The molecule has 1 aliphatic rings. The summed E-state index contributed by atoms with van der Waals surface area (Å²) in [7, 11) is 0. The van der Waals surface area contributed by atoms with Crippen LogP contribution < -0.4 is 5.32 Å². The average Bonchev–Trinajstić information content (AvgIpc) is 2.29. The molecule has 1 saturated heterocycles. The van der Waals surface area contributed by atoms with E-state index in [0.717, 1.165) is 25.9 Å². The van der Waals surface area contributed by atoms with Gasteiger partial charge in [-0.15, -0.1) is 0 Å². The third kappa shape index (κ3) is 5.75. The van der Waals surface area contributed by atoms with Crippen LogP contribution in [0.15, 0.2) is 0 Å². The number of rotatable bonds is 6. The molecular weight excluding hydrogens is 236 g/mol. The van der Waals surface area contributed by atoms with Crippen LogP contribution in [0.4, 0.5) is 0 Å². The molecule has 2 N–H and O–H groups in total. The molecule has 1 fully saturated rings. The van der Waals surface area contributed by atoms with Crippen LogP contribution in [0.2, 0.25) is 0 Å². The van der Waals surface area contributed by atoms with Gasteiger partial charge in [0.2, 0.25) is 5.91 Å². The predicted octanol–water partition coefficient (Wildman–Crippen LogP) is 0.702. The molecule has 0 aliphatic carbocycles. The molecule has 0 aromatic rings. The Morgan fingerprint density at radius 1 is 1.41 bits per heavy atom. The Hall–Kier alpha value is -0.260. The molecule has 0 aromatic carbocycles. The second-order valence-electron chi connectivity index (χ2n) is 4.97. The monoisotopic (exact) mass is 260 g/mol. The first kappa shape index (κ1) is 14.8. The summed E-state index contributed by atoms with van der Waals surface area (Å²) in [5.41, 5.74) is -0.735. The van der Waals surface area contributed by atoms with Crippen LogP contribution in [0.25, 0.3) is 0 Å². The van der Waals surface area contributed by atoms with Crippen molar-refractivity contribution >= 4 is 17.7 Å². The molecular formula is C12H24N2O2S. The van der Waals surface area contributed by atoms with Crippen molar-refractivity contribution in [3.05, 3.63) is 0 Å². The number of nitrogens with one attached hydrogen (secondary N) is 1. The van der Waals surface area contributed by atoms with Gasteiger partial charge in [-0.25, -0.2) is 0 Å². The molecule has 4 nitrogen and oxygen atoms in total. The van der Waals surface area contributed by atoms with Crippen molar-refractivity contribution in [2.24, 2.45) is 0 Å². The third-order valence-corrected chi connectivity index (χ3v) is 3.86. The van der Waals surface area contributed by atoms with Gasteiger partial charge in [-0.2, -0.15) is 11.8 Å². The fourth-order valence-electron chi connectivity index (χ4n) is 2.06. The van der Waals surface area contributed by atoms with Gasteiger partial charge in [0.05, 0.1) is 12.1 Å². The van der Waals surface area contributed by atoms with Crippen molar-refractivity contribution in [2.45, 2.75) is 31.8 Å². The Labute approximate surface area is 108 Å². The number of nitrogens with zero attached hydrogens (tertiary/aromatic N) is 1. The minimum atomic E-state index is -0.735. The van der Waals surface area contributed by atoms with E-state index < -0.39 is 5.60 Å². The summed E-state index contributed by atoms with van der Waals surface area (Å²) in [6.45, 7) is 4.38. The molecule has 100 valence electrons. The second kappa shape index (κ2) is 7.24. The van der Waals surface area contributed by atoms with Gasteiger partial charge in [0.1, 0.15) is 0 Å². The first-order valence-corrected chi connectivity index (χ1v) is 7.64. The Bertz CT molecular complexity index is 241. The Morgan fingerprint density at radius 3 is 2.65 bits per heavy atom. The SMILES string of the molecule is CSCC(C)(O)CNCC(=O)N1CCCCC1. The van der Waals surface area contributed by atoms with Crippen LogP contribution in [0.5, 0.6) is 0 Å². The number of hydrogen-bond donors (Lipinski definition) is 2. The van der Waals surface area contributed by atoms with E-state index in [-0.39, 0.29) is 5.91 Å². The first-order valence-electron chi connectivity index (χ1n) is 6.25. The van der Waals surface area contributed by atoms with E-state index in [1.165, 1.54) is 6.42 Å². The van der Waals surface area contributed by atoms with E-state index >= 15 is 0 Å². The summed E-state index contributed by atoms with van der Waals surface area (Å²) in [6.07, 6.45) is 5.44. The molecule has 1 atom stereocenters. The van der Waals surface area contributed by atoms with Crippen LogP contribution >= 0.6 is 11.8 Å².